The molecule has 2 aliphatic heterocycles. The van der Waals surface area contributed by atoms with Crippen molar-refractivity contribution in [2.24, 2.45) is 10.9 Å². The molecule has 29 heavy (non-hydrogen) atoms. The molecule has 1 atom stereocenters. The summed E-state index contributed by atoms with van der Waals surface area (Å²) in [5.41, 5.74) is 2.05. The van der Waals surface area contributed by atoms with E-state index in [2.05, 4.69) is 15.2 Å². The van der Waals surface area contributed by atoms with Crippen LogP contribution >= 0.6 is 0 Å². The fraction of sp³-hybridized carbons (Fsp3) is 0.636. The minimum Gasteiger partial charge on any atom is -0.386 e. The number of carbonyl (C=O) groups excluding carboxylic acids is 1. The Balaban J connectivity index is 1.54. The number of carbonyl (C=O) groups is 1. The third-order valence-corrected chi connectivity index (χ3v) is 5.68. The number of morpholine rings is 1. The van der Waals surface area contributed by atoms with Gasteiger partial charge in [-0.15, -0.1) is 0 Å². The van der Waals surface area contributed by atoms with Crippen LogP contribution in [0.25, 0.3) is 0 Å². The first kappa shape index (κ1) is 21.6. The summed E-state index contributed by atoms with van der Waals surface area (Å²) in [7, 11) is 0. The van der Waals surface area contributed by atoms with Gasteiger partial charge in [0, 0.05) is 38.6 Å². The largest absolute Gasteiger partial charge is 0.386 e. The van der Waals surface area contributed by atoms with Gasteiger partial charge in [-0.2, -0.15) is 0 Å². The zero-order valence-corrected chi connectivity index (χ0v) is 17.6. The molecule has 1 amide bonds. The van der Waals surface area contributed by atoms with E-state index in [-0.39, 0.29) is 11.8 Å². The quantitative estimate of drug-likeness (QED) is 0.577. The standard InChI is InChI=1S/C22H34N4O3/c1-3-23-22(24-16-20(27)18-6-4-17(2)5-7-18)26-10-8-19(9-11-26)21(28)25-12-14-29-15-13-25/h4-7,19-20,27H,3,8-16H2,1-2H3,(H,23,24). The summed E-state index contributed by atoms with van der Waals surface area (Å²) >= 11 is 0. The van der Waals surface area contributed by atoms with E-state index in [9.17, 15) is 9.90 Å². The maximum absolute atomic E-state index is 12.7. The zero-order valence-electron chi connectivity index (χ0n) is 17.6. The van der Waals surface area contributed by atoms with E-state index in [4.69, 9.17) is 4.74 Å². The molecule has 3 rings (SSSR count). The van der Waals surface area contributed by atoms with Crippen LogP contribution in [0.5, 0.6) is 0 Å². The number of aliphatic hydroxyl groups is 1. The molecule has 0 radical (unpaired) electrons. The summed E-state index contributed by atoms with van der Waals surface area (Å²) in [4.78, 5) is 21.5. The first-order chi connectivity index (χ1) is 14.1. The molecular formula is C22H34N4O3. The molecule has 1 unspecified atom stereocenters. The Kier molecular flexibility index (Phi) is 7.89. The predicted molar refractivity (Wildman–Crippen MR) is 114 cm³/mol. The monoisotopic (exact) mass is 402 g/mol. The van der Waals surface area contributed by atoms with E-state index >= 15 is 0 Å². The number of nitrogens with zero attached hydrogens (tertiary/aromatic N) is 3. The highest BCUT2D eigenvalue weighted by Gasteiger charge is 2.30. The Morgan fingerprint density at radius 3 is 2.45 bits per heavy atom. The molecule has 2 saturated heterocycles. The van der Waals surface area contributed by atoms with Crippen LogP contribution in [0.15, 0.2) is 29.3 Å². The van der Waals surface area contributed by atoms with Gasteiger partial charge in [0.1, 0.15) is 0 Å². The van der Waals surface area contributed by atoms with Crippen LogP contribution in [0.4, 0.5) is 0 Å². The number of aliphatic hydroxyl groups excluding tert-OH is 1. The number of amides is 1. The predicted octanol–water partition coefficient (Wildman–Crippen LogP) is 1.56. The lowest BCUT2D eigenvalue weighted by Crippen LogP contribution is -2.50. The van der Waals surface area contributed by atoms with Gasteiger partial charge < -0.3 is 25.0 Å². The molecule has 160 valence electrons. The number of likely N-dealkylation sites (tertiary alicyclic amines) is 1. The summed E-state index contributed by atoms with van der Waals surface area (Å²) in [6.45, 7) is 9.46. The van der Waals surface area contributed by atoms with Crippen molar-refractivity contribution < 1.29 is 14.6 Å². The summed E-state index contributed by atoms with van der Waals surface area (Å²) in [6.07, 6.45) is 1.05. The first-order valence-electron chi connectivity index (χ1n) is 10.7. The molecule has 1 aromatic carbocycles. The Morgan fingerprint density at radius 2 is 1.83 bits per heavy atom. The molecule has 2 fully saturated rings. The van der Waals surface area contributed by atoms with Gasteiger partial charge >= 0.3 is 0 Å². The van der Waals surface area contributed by atoms with Gasteiger partial charge in [0.15, 0.2) is 5.96 Å². The first-order valence-corrected chi connectivity index (χ1v) is 10.7. The van der Waals surface area contributed by atoms with Gasteiger partial charge in [-0.1, -0.05) is 29.8 Å². The molecule has 0 aliphatic carbocycles. The molecular weight excluding hydrogens is 368 g/mol. The van der Waals surface area contributed by atoms with Crippen LogP contribution in [0.3, 0.4) is 0 Å². The summed E-state index contributed by atoms with van der Waals surface area (Å²) < 4.78 is 5.35. The number of piperidine rings is 1. The van der Waals surface area contributed by atoms with Crippen LogP contribution in [0.1, 0.15) is 37.0 Å². The molecule has 0 aromatic heterocycles. The number of hydrogen-bond acceptors (Lipinski definition) is 4. The Bertz CT molecular complexity index is 678. The Morgan fingerprint density at radius 1 is 1.17 bits per heavy atom. The van der Waals surface area contributed by atoms with Crippen molar-refractivity contribution in [3.63, 3.8) is 0 Å². The summed E-state index contributed by atoms with van der Waals surface area (Å²) in [5, 5.41) is 13.8. The number of nitrogens with one attached hydrogen (secondary N) is 1. The Labute approximate surface area is 173 Å². The fourth-order valence-corrected chi connectivity index (χ4v) is 3.87. The maximum atomic E-state index is 12.7. The fourth-order valence-electron chi connectivity index (χ4n) is 3.87. The van der Waals surface area contributed by atoms with Crippen LogP contribution in [0.2, 0.25) is 0 Å². The van der Waals surface area contributed by atoms with Crippen LogP contribution in [-0.4, -0.2) is 79.3 Å². The highest BCUT2D eigenvalue weighted by Crippen LogP contribution is 2.21. The molecule has 2 aliphatic rings. The number of aliphatic imine (C=N–C) groups is 1. The second-order valence-electron chi connectivity index (χ2n) is 7.82. The van der Waals surface area contributed by atoms with Gasteiger partial charge in [-0.05, 0) is 32.3 Å². The zero-order chi connectivity index (χ0) is 20.6. The van der Waals surface area contributed by atoms with Crippen LogP contribution in [0, 0.1) is 12.8 Å². The number of aryl methyl sites for hydroxylation is 1. The van der Waals surface area contributed by atoms with E-state index in [1.165, 1.54) is 5.56 Å². The van der Waals surface area contributed by atoms with E-state index in [0.717, 1.165) is 44.0 Å². The molecule has 7 nitrogen and oxygen atoms in total. The number of ether oxygens (including phenoxy) is 1. The lowest BCUT2D eigenvalue weighted by atomic mass is 9.95. The number of rotatable bonds is 5. The summed E-state index contributed by atoms with van der Waals surface area (Å²) in [5.74, 6) is 1.17. The molecule has 2 N–H and O–H groups in total. The van der Waals surface area contributed by atoms with Gasteiger partial charge in [-0.25, -0.2) is 0 Å². The van der Waals surface area contributed by atoms with E-state index < -0.39 is 6.10 Å². The third-order valence-electron chi connectivity index (χ3n) is 5.68. The molecule has 0 bridgehead atoms. The average molecular weight is 403 g/mol. The van der Waals surface area contributed by atoms with Crippen molar-refractivity contribution in [1.29, 1.82) is 0 Å². The SMILES string of the molecule is CCNC(=NCC(O)c1ccc(C)cc1)N1CCC(C(=O)N2CCOCC2)CC1. The number of hydrogen-bond donors (Lipinski definition) is 2. The lowest BCUT2D eigenvalue weighted by molar-refractivity contribution is -0.140. The van der Waals surface area contributed by atoms with Gasteiger partial charge in [-0.3, -0.25) is 9.79 Å². The smallest absolute Gasteiger partial charge is 0.225 e. The highest BCUT2D eigenvalue weighted by molar-refractivity contribution is 5.82. The topological polar surface area (TPSA) is 77.4 Å². The van der Waals surface area contributed by atoms with Crippen molar-refractivity contribution >= 4 is 11.9 Å². The van der Waals surface area contributed by atoms with Gasteiger partial charge in [0.25, 0.3) is 0 Å². The second-order valence-corrected chi connectivity index (χ2v) is 7.82. The van der Waals surface area contributed by atoms with Crippen molar-refractivity contribution in [1.82, 2.24) is 15.1 Å². The number of benzene rings is 1. The molecule has 7 heteroatoms. The molecule has 2 heterocycles. The van der Waals surface area contributed by atoms with E-state index in [0.29, 0.717) is 32.8 Å². The minimum atomic E-state index is -0.621. The lowest BCUT2D eigenvalue weighted by Gasteiger charge is -2.36. The van der Waals surface area contributed by atoms with Crippen LogP contribution in [-0.2, 0) is 9.53 Å². The van der Waals surface area contributed by atoms with Crippen molar-refractivity contribution in [2.75, 3.05) is 52.5 Å². The molecule has 0 saturated carbocycles. The van der Waals surface area contributed by atoms with E-state index in [1.807, 2.05) is 43.0 Å². The van der Waals surface area contributed by atoms with E-state index in [1.54, 1.807) is 0 Å². The van der Waals surface area contributed by atoms with Crippen molar-refractivity contribution in [2.45, 2.75) is 32.8 Å². The summed E-state index contributed by atoms with van der Waals surface area (Å²) in [6, 6.07) is 7.91. The minimum absolute atomic E-state index is 0.0883. The van der Waals surface area contributed by atoms with Crippen LogP contribution < -0.4 is 5.32 Å². The van der Waals surface area contributed by atoms with Gasteiger partial charge in [0.05, 0.1) is 25.9 Å². The normalized spacial score (nSPS) is 19.9. The highest BCUT2D eigenvalue weighted by atomic mass is 16.5. The third kappa shape index (κ3) is 5.93. The van der Waals surface area contributed by atoms with Gasteiger partial charge in [0.2, 0.25) is 5.91 Å². The number of guanidine groups is 1. The maximum Gasteiger partial charge on any atom is 0.225 e. The Hall–Kier alpha value is -2.12. The second kappa shape index (κ2) is 10.6. The molecule has 0 spiro atoms. The van der Waals surface area contributed by atoms with Crippen molar-refractivity contribution in [3.8, 4) is 0 Å². The average Bonchev–Trinajstić information content (AvgIpc) is 2.77. The molecule has 1 aromatic rings. The van der Waals surface area contributed by atoms with Crippen molar-refractivity contribution in [3.05, 3.63) is 35.4 Å².